The lowest BCUT2D eigenvalue weighted by atomic mass is 9.90. The molecule has 1 N–H and O–H groups in total. The fraction of sp³-hybridized carbons (Fsp3) is 0.647. The molecule has 1 atom stereocenters. The van der Waals surface area contributed by atoms with Crippen LogP contribution in [0.1, 0.15) is 34.7 Å². The Morgan fingerprint density at radius 2 is 1.58 bits per heavy atom. The molecule has 0 saturated carbocycles. The Morgan fingerprint density at radius 3 is 2.11 bits per heavy atom. The summed E-state index contributed by atoms with van der Waals surface area (Å²) in [6.45, 7) is 16.0. The average molecular weight is 260 g/mol. The van der Waals surface area contributed by atoms with Crippen molar-refractivity contribution >= 4 is 0 Å². The minimum atomic E-state index is 0.640. The van der Waals surface area contributed by atoms with Gasteiger partial charge in [0.05, 0.1) is 0 Å². The Bertz CT molecular complexity index is 419. The number of benzene rings is 1. The van der Waals surface area contributed by atoms with Crippen LogP contribution in [0.25, 0.3) is 0 Å². The van der Waals surface area contributed by atoms with E-state index in [1.807, 2.05) is 0 Å². The zero-order valence-corrected chi connectivity index (χ0v) is 13.1. The van der Waals surface area contributed by atoms with E-state index in [1.54, 1.807) is 5.56 Å². The Morgan fingerprint density at radius 1 is 1.05 bits per heavy atom. The van der Waals surface area contributed by atoms with Gasteiger partial charge in [-0.2, -0.15) is 0 Å². The highest BCUT2D eigenvalue weighted by molar-refractivity contribution is 5.44. The van der Waals surface area contributed by atoms with Crippen LogP contribution in [0, 0.1) is 27.7 Å². The molecule has 1 aliphatic heterocycles. The SMILES string of the molecule is Cc1cc(C)c(C)c(CC(C)N2CCNCC2)c1C. The van der Waals surface area contributed by atoms with Crippen molar-refractivity contribution in [3.05, 3.63) is 33.9 Å². The third-order valence-corrected chi connectivity index (χ3v) is 4.80. The molecule has 0 aromatic heterocycles. The van der Waals surface area contributed by atoms with E-state index in [0.717, 1.165) is 13.1 Å². The van der Waals surface area contributed by atoms with Gasteiger partial charge in [0.2, 0.25) is 0 Å². The van der Waals surface area contributed by atoms with Crippen molar-refractivity contribution in [2.75, 3.05) is 26.2 Å². The third-order valence-electron chi connectivity index (χ3n) is 4.80. The van der Waals surface area contributed by atoms with Gasteiger partial charge in [0.15, 0.2) is 0 Å². The Kier molecular flexibility index (Phi) is 4.64. The summed E-state index contributed by atoms with van der Waals surface area (Å²) in [5, 5.41) is 3.43. The minimum Gasteiger partial charge on any atom is -0.314 e. The maximum Gasteiger partial charge on any atom is 0.0110 e. The first-order chi connectivity index (χ1) is 9.00. The van der Waals surface area contributed by atoms with Crippen molar-refractivity contribution in [1.82, 2.24) is 10.2 Å². The van der Waals surface area contributed by atoms with Crippen LogP contribution in [0.15, 0.2) is 6.07 Å². The van der Waals surface area contributed by atoms with Gasteiger partial charge in [-0.15, -0.1) is 0 Å². The largest absolute Gasteiger partial charge is 0.314 e. The zero-order valence-electron chi connectivity index (χ0n) is 13.1. The summed E-state index contributed by atoms with van der Waals surface area (Å²) >= 11 is 0. The van der Waals surface area contributed by atoms with Crippen molar-refractivity contribution in [2.24, 2.45) is 0 Å². The Hall–Kier alpha value is -0.860. The third kappa shape index (κ3) is 3.18. The first-order valence-corrected chi connectivity index (χ1v) is 7.51. The topological polar surface area (TPSA) is 15.3 Å². The predicted molar refractivity (Wildman–Crippen MR) is 83.0 cm³/mol. The molecule has 2 heteroatoms. The van der Waals surface area contributed by atoms with Crippen LogP contribution in [0.2, 0.25) is 0 Å². The number of hydrogen-bond donors (Lipinski definition) is 1. The summed E-state index contributed by atoms with van der Waals surface area (Å²) in [6.07, 6.45) is 1.18. The molecule has 1 fully saturated rings. The summed E-state index contributed by atoms with van der Waals surface area (Å²) in [5.74, 6) is 0. The van der Waals surface area contributed by atoms with Gasteiger partial charge >= 0.3 is 0 Å². The van der Waals surface area contributed by atoms with Crippen LogP contribution in [-0.4, -0.2) is 37.1 Å². The van der Waals surface area contributed by atoms with Crippen molar-refractivity contribution in [3.63, 3.8) is 0 Å². The summed E-state index contributed by atoms with van der Waals surface area (Å²) < 4.78 is 0. The number of aryl methyl sites for hydroxylation is 2. The van der Waals surface area contributed by atoms with Gasteiger partial charge in [-0.05, 0) is 68.9 Å². The lowest BCUT2D eigenvalue weighted by Crippen LogP contribution is -2.48. The second-order valence-corrected chi connectivity index (χ2v) is 6.08. The first kappa shape index (κ1) is 14.5. The summed E-state index contributed by atoms with van der Waals surface area (Å²) in [7, 11) is 0. The minimum absolute atomic E-state index is 0.640. The summed E-state index contributed by atoms with van der Waals surface area (Å²) in [6, 6.07) is 2.96. The molecular formula is C17H28N2. The van der Waals surface area contributed by atoms with Gasteiger partial charge in [0.1, 0.15) is 0 Å². The van der Waals surface area contributed by atoms with Crippen LogP contribution >= 0.6 is 0 Å². The molecular weight excluding hydrogens is 232 g/mol. The molecule has 1 aliphatic rings. The molecule has 106 valence electrons. The van der Waals surface area contributed by atoms with Gasteiger partial charge in [-0.25, -0.2) is 0 Å². The van der Waals surface area contributed by atoms with Crippen LogP contribution in [0.4, 0.5) is 0 Å². The second kappa shape index (κ2) is 6.06. The molecule has 0 aliphatic carbocycles. The van der Waals surface area contributed by atoms with Crippen LogP contribution in [-0.2, 0) is 6.42 Å². The van der Waals surface area contributed by atoms with E-state index < -0.39 is 0 Å². The van der Waals surface area contributed by atoms with E-state index >= 15 is 0 Å². The van der Waals surface area contributed by atoms with E-state index in [0.29, 0.717) is 6.04 Å². The van der Waals surface area contributed by atoms with Gasteiger partial charge in [-0.3, -0.25) is 4.90 Å². The highest BCUT2D eigenvalue weighted by atomic mass is 15.2. The fourth-order valence-corrected chi connectivity index (χ4v) is 3.15. The van der Waals surface area contributed by atoms with E-state index in [-0.39, 0.29) is 0 Å². The molecule has 0 amide bonds. The quantitative estimate of drug-likeness (QED) is 0.899. The van der Waals surface area contributed by atoms with Crippen molar-refractivity contribution in [3.8, 4) is 0 Å². The average Bonchev–Trinajstić information content (AvgIpc) is 2.42. The molecule has 1 heterocycles. The number of nitrogens with zero attached hydrogens (tertiary/aromatic N) is 1. The van der Waals surface area contributed by atoms with E-state index in [4.69, 9.17) is 0 Å². The predicted octanol–water partition coefficient (Wildman–Crippen LogP) is 2.76. The van der Waals surface area contributed by atoms with E-state index in [9.17, 15) is 0 Å². The molecule has 1 aromatic carbocycles. The van der Waals surface area contributed by atoms with Crippen LogP contribution < -0.4 is 5.32 Å². The van der Waals surface area contributed by atoms with E-state index in [1.165, 1.54) is 41.8 Å². The lowest BCUT2D eigenvalue weighted by Gasteiger charge is -2.33. The molecule has 19 heavy (non-hydrogen) atoms. The Balaban J connectivity index is 2.18. The van der Waals surface area contributed by atoms with Gasteiger partial charge in [0.25, 0.3) is 0 Å². The second-order valence-electron chi connectivity index (χ2n) is 6.08. The maximum absolute atomic E-state index is 3.43. The molecule has 0 radical (unpaired) electrons. The summed E-state index contributed by atoms with van der Waals surface area (Å²) in [5.41, 5.74) is 7.43. The smallest absolute Gasteiger partial charge is 0.0110 e. The van der Waals surface area contributed by atoms with Crippen molar-refractivity contribution in [1.29, 1.82) is 0 Å². The monoisotopic (exact) mass is 260 g/mol. The molecule has 2 nitrogen and oxygen atoms in total. The van der Waals surface area contributed by atoms with Gasteiger partial charge < -0.3 is 5.32 Å². The zero-order chi connectivity index (χ0) is 14.0. The van der Waals surface area contributed by atoms with Crippen LogP contribution in [0.5, 0.6) is 0 Å². The standard InChI is InChI=1S/C17H28N2/c1-12-10-13(2)16(5)17(15(12)4)11-14(3)19-8-6-18-7-9-19/h10,14,18H,6-9,11H2,1-5H3. The van der Waals surface area contributed by atoms with Gasteiger partial charge in [-0.1, -0.05) is 6.07 Å². The number of piperazine rings is 1. The number of hydrogen-bond acceptors (Lipinski definition) is 2. The highest BCUT2D eigenvalue weighted by Crippen LogP contribution is 2.24. The summed E-state index contributed by atoms with van der Waals surface area (Å²) in [4.78, 5) is 2.62. The maximum atomic E-state index is 3.43. The molecule has 1 saturated heterocycles. The highest BCUT2D eigenvalue weighted by Gasteiger charge is 2.19. The molecule has 2 rings (SSSR count). The van der Waals surface area contributed by atoms with Crippen LogP contribution in [0.3, 0.4) is 0 Å². The fourth-order valence-electron chi connectivity index (χ4n) is 3.15. The van der Waals surface area contributed by atoms with E-state index in [2.05, 4.69) is 50.9 Å². The number of nitrogens with one attached hydrogen (secondary N) is 1. The molecule has 0 bridgehead atoms. The normalized spacial score (nSPS) is 18.6. The Labute approximate surface area is 118 Å². The lowest BCUT2D eigenvalue weighted by molar-refractivity contribution is 0.183. The first-order valence-electron chi connectivity index (χ1n) is 7.51. The molecule has 1 aromatic rings. The van der Waals surface area contributed by atoms with Gasteiger partial charge in [0, 0.05) is 32.2 Å². The molecule has 0 spiro atoms. The van der Waals surface area contributed by atoms with Crippen molar-refractivity contribution in [2.45, 2.75) is 47.1 Å². The molecule has 1 unspecified atom stereocenters. The van der Waals surface area contributed by atoms with Crippen molar-refractivity contribution < 1.29 is 0 Å². The number of rotatable bonds is 3.